The minimum Gasteiger partial charge on any atom is -0.494 e. The Morgan fingerprint density at radius 3 is 2.65 bits per heavy atom. The summed E-state index contributed by atoms with van der Waals surface area (Å²) in [6.07, 6.45) is 4.12. The molecule has 0 spiro atoms. The summed E-state index contributed by atoms with van der Waals surface area (Å²) in [5.74, 6) is 1.99. The van der Waals surface area contributed by atoms with Gasteiger partial charge in [0.2, 0.25) is 0 Å². The number of carbonyl (C=O) groups excluding carboxylic acids is 1. The summed E-state index contributed by atoms with van der Waals surface area (Å²) in [6, 6.07) is 15.4. The fourth-order valence-corrected chi connectivity index (χ4v) is 6.02. The van der Waals surface area contributed by atoms with Crippen molar-refractivity contribution < 1.29 is 9.53 Å². The van der Waals surface area contributed by atoms with Crippen molar-refractivity contribution in [2.24, 2.45) is 17.6 Å². The summed E-state index contributed by atoms with van der Waals surface area (Å²) in [5.41, 5.74) is 10.7. The molecule has 40 heavy (non-hydrogen) atoms. The highest BCUT2D eigenvalue weighted by Gasteiger charge is 2.38. The number of rotatable bonds is 7. The first-order valence-corrected chi connectivity index (χ1v) is 14.0. The summed E-state index contributed by atoms with van der Waals surface area (Å²) in [6.45, 7) is 7.56. The van der Waals surface area contributed by atoms with Gasteiger partial charge in [0.05, 0.1) is 30.1 Å². The Hall–Kier alpha value is -4.16. The highest BCUT2D eigenvalue weighted by Crippen LogP contribution is 2.39. The molecule has 1 saturated heterocycles. The first kappa shape index (κ1) is 26.1. The molecule has 9 nitrogen and oxygen atoms in total. The van der Waals surface area contributed by atoms with Crippen molar-refractivity contribution in [1.82, 2.24) is 24.0 Å². The zero-order valence-electron chi connectivity index (χ0n) is 23.4. The molecular weight excluding hydrogens is 502 g/mol. The Balaban J connectivity index is 1.55. The van der Waals surface area contributed by atoms with Crippen LogP contribution in [-0.4, -0.2) is 55.6 Å². The second-order valence-corrected chi connectivity index (χ2v) is 11.3. The molecule has 2 fully saturated rings. The van der Waals surface area contributed by atoms with Gasteiger partial charge in [-0.05, 0) is 74.9 Å². The van der Waals surface area contributed by atoms with Crippen molar-refractivity contribution in [2.75, 3.05) is 13.7 Å². The van der Waals surface area contributed by atoms with Crippen LogP contribution >= 0.6 is 0 Å². The van der Waals surface area contributed by atoms with Crippen LogP contribution in [0.15, 0.2) is 48.7 Å². The van der Waals surface area contributed by atoms with Crippen molar-refractivity contribution in [3.8, 4) is 23.3 Å². The summed E-state index contributed by atoms with van der Waals surface area (Å²) in [5, 5.41) is 9.87. The second-order valence-electron chi connectivity index (χ2n) is 11.3. The molecule has 4 atom stereocenters. The number of nitrogens with two attached hydrogens (primary N) is 1. The zero-order chi connectivity index (χ0) is 28.1. The first-order chi connectivity index (χ1) is 19.3. The van der Waals surface area contributed by atoms with E-state index in [1.54, 1.807) is 13.3 Å². The van der Waals surface area contributed by atoms with Gasteiger partial charge in [0, 0.05) is 36.9 Å². The molecule has 4 aromatic rings. The van der Waals surface area contributed by atoms with Crippen LogP contribution in [-0.2, 0) is 6.54 Å². The quantitative estimate of drug-likeness (QED) is 0.368. The number of nitrogens with zero attached hydrogens (tertiary/aromatic N) is 6. The molecule has 0 unspecified atom stereocenters. The predicted octanol–water partition coefficient (Wildman–Crippen LogP) is 4.61. The van der Waals surface area contributed by atoms with Gasteiger partial charge in [0.1, 0.15) is 23.0 Å². The van der Waals surface area contributed by atoms with Crippen molar-refractivity contribution in [3.63, 3.8) is 0 Å². The number of amides is 1. The average molecular weight is 538 g/mol. The van der Waals surface area contributed by atoms with Crippen LogP contribution in [0.2, 0.25) is 0 Å². The number of benzene rings is 1. The highest BCUT2D eigenvalue weighted by molar-refractivity contribution is 6.00. The molecule has 2 N–H and O–H groups in total. The van der Waals surface area contributed by atoms with E-state index in [-0.39, 0.29) is 30.0 Å². The third kappa shape index (κ3) is 4.33. The third-order valence-electron chi connectivity index (χ3n) is 8.63. The second kappa shape index (κ2) is 10.1. The Kier molecular flexibility index (Phi) is 6.59. The lowest BCUT2D eigenvalue weighted by atomic mass is 10.0. The molecule has 1 aliphatic carbocycles. The van der Waals surface area contributed by atoms with E-state index < -0.39 is 0 Å². The Morgan fingerprint density at radius 2 is 2.02 bits per heavy atom. The molecule has 1 aromatic carbocycles. The molecule has 4 heterocycles. The fraction of sp³-hybridized carbons (Fsp3) is 0.419. The number of nitriles is 1. The summed E-state index contributed by atoms with van der Waals surface area (Å²) in [7, 11) is 1.62. The Labute approximate surface area is 234 Å². The Morgan fingerprint density at radius 1 is 1.23 bits per heavy atom. The van der Waals surface area contributed by atoms with E-state index in [9.17, 15) is 10.1 Å². The van der Waals surface area contributed by atoms with Crippen LogP contribution in [0.4, 0.5) is 0 Å². The van der Waals surface area contributed by atoms with Gasteiger partial charge in [-0.2, -0.15) is 5.26 Å². The van der Waals surface area contributed by atoms with Gasteiger partial charge in [-0.1, -0.05) is 13.0 Å². The maximum absolute atomic E-state index is 13.7. The zero-order valence-corrected chi connectivity index (χ0v) is 23.4. The number of methoxy groups -OCH3 is 1. The number of fused-ring (bicyclic) bond motifs is 1. The molecular formula is C31H35N7O2. The highest BCUT2D eigenvalue weighted by atomic mass is 16.5. The summed E-state index contributed by atoms with van der Waals surface area (Å²) in [4.78, 5) is 25.3. The van der Waals surface area contributed by atoms with Gasteiger partial charge in [0.25, 0.3) is 5.91 Å². The monoisotopic (exact) mass is 537 g/mol. The van der Waals surface area contributed by atoms with Crippen molar-refractivity contribution in [2.45, 2.75) is 58.3 Å². The van der Waals surface area contributed by atoms with Crippen LogP contribution in [0.5, 0.6) is 5.75 Å². The molecule has 206 valence electrons. The molecule has 3 aromatic heterocycles. The largest absolute Gasteiger partial charge is 0.494 e. The minimum absolute atomic E-state index is 0.0587. The predicted molar refractivity (Wildman–Crippen MR) is 153 cm³/mol. The molecule has 9 heteroatoms. The van der Waals surface area contributed by atoms with Crippen molar-refractivity contribution in [3.05, 3.63) is 65.6 Å². The van der Waals surface area contributed by atoms with Crippen LogP contribution in [0.3, 0.4) is 0 Å². The molecule has 1 saturated carbocycles. The third-order valence-corrected chi connectivity index (χ3v) is 8.63. The number of ether oxygens (including phenoxy) is 1. The first-order valence-electron chi connectivity index (χ1n) is 14.0. The van der Waals surface area contributed by atoms with E-state index >= 15 is 0 Å². The van der Waals surface area contributed by atoms with Gasteiger partial charge >= 0.3 is 0 Å². The smallest absolute Gasteiger partial charge is 0.254 e. The number of likely N-dealkylation sites (tertiary alicyclic amines) is 1. The fourth-order valence-electron chi connectivity index (χ4n) is 6.02. The summed E-state index contributed by atoms with van der Waals surface area (Å²) >= 11 is 0. The molecule has 0 bridgehead atoms. The van der Waals surface area contributed by atoms with Crippen LogP contribution in [0, 0.1) is 23.2 Å². The number of hydrogen-bond donors (Lipinski definition) is 1. The standard InChI is InChI=1S/C31H35N7O2/c1-18-16-36(20(3)28(18)33)31(39)22-13-25-29(27(14-22)40-4)38(19(2)24-7-5-6-12-34-24)30(35-25)26-11-10-23(15-32)37(26)17-21-8-9-21/h5-7,10-14,18-21,28H,8-9,16-17,33H2,1-4H3/t18-,19-,20-,28-/m1/s1. The van der Waals surface area contributed by atoms with E-state index in [1.807, 2.05) is 54.3 Å². The van der Waals surface area contributed by atoms with Crippen LogP contribution in [0.25, 0.3) is 22.6 Å². The number of pyridine rings is 1. The van der Waals surface area contributed by atoms with Gasteiger partial charge in [-0.15, -0.1) is 0 Å². The molecule has 2 aliphatic rings. The van der Waals surface area contributed by atoms with E-state index in [0.717, 1.165) is 23.4 Å². The molecule has 6 rings (SSSR count). The minimum atomic E-state index is -0.191. The van der Waals surface area contributed by atoms with E-state index in [1.165, 1.54) is 12.8 Å². The van der Waals surface area contributed by atoms with Crippen molar-refractivity contribution >= 4 is 16.9 Å². The van der Waals surface area contributed by atoms with Gasteiger partial charge < -0.3 is 24.5 Å². The molecule has 1 amide bonds. The van der Waals surface area contributed by atoms with E-state index in [2.05, 4.69) is 34.0 Å². The number of aromatic nitrogens is 4. The maximum Gasteiger partial charge on any atom is 0.254 e. The lowest BCUT2D eigenvalue weighted by molar-refractivity contribution is 0.0739. The number of imidazole rings is 1. The molecule has 0 radical (unpaired) electrons. The van der Waals surface area contributed by atoms with Gasteiger partial charge in [0.15, 0.2) is 5.82 Å². The van der Waals surface area contributed by atoms with Crippen LogP contribution < -0.4 is 10.5 Å². The van der Waals surface area contributed by atoms with Crippen molar-refractivity contribution in [1.29, 1.82) is 5.26 Å². The maximum atomic E-state index is 13.7. The lowest BCUT2D eigenvalue weighted by Gasteiger charge is -2.23. The van der Waals surface area contributed by atoms with E-state index in [4.69, 9.17) is 15.5 Å². The number of carbonyl (C=O) groups is 1. The van der Waals surface area contributed by atoms with E-state index in [0.29, 0.717) is 40.8 Å². The number of hydrogen-bond acceptors (Lipinski definition) is 6. The average Bonchev–Trinajstić information content (AvgIpc) is 3.49. The Bertz CT molecular complexity index is 1610. The SMILES string of the molecule is COc1cc(C(=O)N2C[C@@H](C)[C@@H](N)[C@H]2C)cc2nc(-c3ccc(C#N)n3CC3CC3)n([C@H](C)c3ccccn3)c12. The summed E-state index contributed by atoms with van der Waals surface area (Å²) < 4.78 is 10.1. The normalized spacial score (nSPS) is 21.5. The molecule has 1 aliphatic heterocycles. The van der Waals surface area contributed by atoms with Gasteiger partial charge in [-0.25, -0.2) is 4.98 Å². The topological polar surface area (TPSA) is 115 Å². The van der Waals surface area contributed by atoms with Gasteiger partial charge in [-0.3, -0.25) is 9.78 Å². The lowest BCUT2D eigenvalue weighted by Crippen LogP contribution is -2.40. The van der Waals surface area contributed by atoms with Crippen LogP contribution in [0.1, 0.15) is 61.4 Å².